The van der Waals surface area contributed by atoms with E-state index < -0.39 is 0 Å². The van der Waals surface area contributed by atoms with Crippen LogP contribution < -0.4 is 16.6 Å². The van der Waals surface area contributed by atoms with Crippen molar-refractivity contribution in [2.24, 2.45) is 18.7 Å². The van der Waals surface area contributed by atoms with Crippen molar-refractivity contribution in [3.05, 3.63) is 27.2 Å². The molecular weight excluding hydrogens is 413 g/mol. The average molecular weight is 446 g/mol. The number of hydrogen-bond donors (Lipinski definition) is 3. The third-order valence-electron chi connectivity index (χ3n) is 6.00. The largest absolute Gasteiger partial charge is 0.352 e. The topological polar surface area (TPSA) is 106 Å². The maximum atomic E-state index is 12.5. The molecule has 1 aliphatic carbocycles. The van der Waals surface area contributed by atoms with E-state index in [1.54, 1.807) is 11.7 Å². The summed E-state index contributed by atoms with van der Waals surface area (Å²) in [6.07, 6.45) is 6.99. The highest BCUT2D eigenvalue weighted by atomic mass is 35.5. The van der Waals surface area contributed by atoms with E-state index in [2.05, 4.69) is 15.4 Å². The predicted octanol–water partition coefficient (Wildman–Crippen LogP) is 2.68. The van der Waals surface area contributed by atoms with Crippen LogP contribution in [-0.4, -0.2) is 33.3 Å². The molecule has 0 saturated heterocycles. The summed E-state index contributed by atoms with van der Waals surface area (Å²) in [7, 11) is 1.78. The Bertz CT molecular complexity index is 887. The fourth-order valence-electron chi connectivity index (χ4n) is 4.44. The van der Waals surface area contributed by atoms with E-state index in [4.69, 9.17) is 5.73 Å². The van der Waals surface area contributed by atoms with Gasteiger partial charge in [0.05, 0.1) is 5.39 Å². The summed E-state index contributed by atoms with van der Waals surface area (Å²) in [6.45, 7) is 4.35. The summed E-state index contributed by atoms with van der Waals surface area (Å²) in [5.74, 6) is 0.522. The first-order chi connectivity index (χ1) is 12.9. The maximum Gasteiger partial charge on any atom is 0.273 e. The number of hydrogen-bond acceptors (Lipinski definition) is 4. The van der Waals surface area contributed by atoms with Crippen molar-refractivity contribution in [1.82, 2.24) is 20.1 Å². The van der Waals surface area contributed by atoms with Crippen LogP contribution in [0.1, 0.15) is 55.3 Å². The van der Waals surface area contributed by atoms with Gasteiger partial charge >= 0.3 is 0 Å². The molecule has 7 nitrogen and oxygen atoms in total. The molecule has 0 radical (unpaired) electrons. The van der Waals surface area contributed by atoms with Gasteiger partial charge in [-0.25, -0.2) is 4.98 Å². The van der Waals surface area contributed by atoms with E-state index in [1.165, 1.54) is 19.3 Å². The van der Waals surface area contributed by atoms with Crippen molar-refractivity contribution in [1.29, 1.82) is 0 Å². The van der Waals surface area contributed by atoms with Crippen LogP contribution in [0.15, 0.2) is 4.79 Å². The Morgan fingerprint density at radius 1 is 1.28 bits per heavy atom. The molecule has 0 aliphatic heterocycles. The normalized spacial score (nSPS) is 15.4. The third kappa shape index (κ3) is 5.53. The molecule has 1 unspecified atom stereocenters. The quantitative estimate of drug-likeness (QED) is 0.634. The Labute approximate surface area is 184 Å². The van der Waals surface area contributed by atoms with Gasteiger partial charge in [-0.1, -0.05) is 19.3 Å². The summed E-state index contributed by atoms with van der Waals surface area (Å²) >= 11 is 0. The van der Waals surface area contributed by atoms with E-state index in [9.17, 15) is 9.59 Å². The Balaban J connectivity index is 0.00000210. The Morgan fingerprint density at radius 3 is 2.55 bits per heavy atom. The van der Waals surface area contributed by atoms with Gasteiger partial charge in [-0.3, -0.25) is 19.4 Å². The smallest absolute Gasteiger partial charge is 0.273 e. The van der Waals surface area contributed by atoms with Crippen LogP contribution in [0.25, 0.3) is 11.0 Å². The molecule has 2 heterocycles. The number of nitrogens with two attached hydrogens (primary N) is 1. The fraction of sp³-hybridized carbons (Fsp3) is 0.650. The van der Waals surface area contributed by atoms with Crippen LogP contribution >= 0.6 is 24.8 Å². The number of carbonyl (C=O) groups is 1. The van der Waals surface area contributed by atoms with Crippen molar-refractivity contribution in [2.75, 3.05) is 6.54 Å². The average Bonchev–Trinajstić information content (AvgIpc) is 2.93. The van der Waals surface area contributed by atoms with Crippen molar-refractivity contribution < 1.29 is 4.79 Å². The number of nitrogens with one attached hydrogen (secondary N) is 2. The zero-order chi connectivity index (χ0) is 19.6. The van der Waals surface area contributed by atoms with Gasteiger partial charge in [-0.05, 0) is 50.2 Å². The van der Waals surface area contributed by atoms with Crippen LogP contribution in [0.2, 0.25) is 0 Å². The lowest BCUT2D eigenvalue weighted by Crippen LogP contribution is -2.46. The lowest BCUT2D eigenvalue weighted by molar-refractivity contribution is -0.122. The molecule has 1 atom stereocenters. The number of halogens is 2. The minimum atomic E-state index is -0.135. The zero-order valence-electron chi connectivity index (χ0n) is 17.4. The first-order valence-electron chi connectivity index (χ1n) is 9.96. The Kier molecular flexibility index (Phi) is 9.65. The minimum absolute atomic E-state index is 0. The molecule has 164 valence electrons. The molecule has 3 rings (SSSR count). The number of H-pyrrole nitrogens is 1. The Hall–Kier alpha value is -1.57. The van der Waals surface area contributed by atoms with Crippen molar-refractivity contribution in [3.8, 4) is 0 Å². The SMILES string of the molecule is Cc1nc2c(c(C)c1CCC(=O)NC(CN)C1CCCCC1)c(=O)[nH]n2C.Cl.Cl. The van der Waals surface area contributed by atoms with Crippen LogP contribution in [-0.2, 0) is 18.3 Å². The molecule has 1 aliphatic rings. The van der Waals surface area contributed by atoms with Crippen molar-refractivity contribution >= 4 is 41.8 Å². The number of carbonyl (C=O) groups excluding carboxylic acids is 1. The molecule has 0 bridgehead atoms. The second kappa shape index (κ2) is 11.0. The van der Waals surface area contributed by atoms with Crippen molar-refractivity contribution in [3.63, 3.8) is 0 Å². The summed E-state index contributed by atoms with van der Waals surface area (Å²) < 4.78 is 1.64. The summed E-state index contributed by atoms with van der Waals surface area (Å²) in [5.41, 5.74) is 9.20. The second-order valence-electron chi connectivity index (χ2n) is 7.81. The van der Waals surface area contributed by atoms with Gasteiger partial charge in [-0.2, -0.15) is 0 Å². The molecule has 29 heavy (non-hydrogen) atoms. The van der Waals surface area contributed by atoms with E-state index in [1.807, 2.05) is 13.8 Å². The second-order valence-corrected chi connectivity index (χ2v) is 7.81. The molecule has 1 saturated carbocycles. The number of aryl methyl sites for hydroxylation is 3. The molecule has 0 spiro atoms. The first-order valence-corrected chi connectivity index (χ1v) is 9.96. The predicted molar refractivity (Wildman–Crippen MR) is 121 cm³/mol. The zero-order valence-corrected chi connectivity index (χ0v) is 19.0. The molecule has 9 heteroatoms. The maximum absolute atomic E-state index is 12.5. The monoisotopic (exact) mass is 445 g/mol. The fourth-order valence-corrected chi connectivity index (χ4v) is 4.44. The molecule has 2 aromatic rings. The highest BCUT2D eigenvalue weighted by molar-refractivity contribution is 5.85. The Morgan fingerprint density at radius 2 is 1.93 bits per heavy atom. The van der Waals surface area contributed by atoms with Gasteiger partial charge in [0.1, 0.15) is 0 Å². The molecule has 4 N–H and O–H groups in total. The van der Waals surface area contributed by atoms with E-state index in [0.717, 1.165) is 29.7 Å². The van der Waals surface area contributed by atoms with Crippen LogP contribution in [0.3, 0.4) is 0 Å². The highest BCUT2D eigenvalue weighted by Gasteiger charge is 2.24. The molecule has 1 fully saturated rings. The minimum Gasteiger partial charge on any atom is -0.352 e. The number of amides is 1. The number of aromatic amines is 1. The number of fused-ring (bicyclic) bond motifs is 1. The molecule has 0 aromatic carbocycles. The van der Waals surface area contributed by atoms with Gasteiger partial charge in [0.2, 0.25) is 5.91 Å². The highest BCUT2D eigenvalue weighted by Crippen LogP contribution is 2.26. The third-order valence-corrected chi connectivity index (χ3v) is 6.00. The lowest BCUT2D eigenvalue weighted by atomic mass is 9.84. The standard InChI is InChI=1S/C20H31N5O2.2ClH/c1-12-15(13(2)22-19-18(12)20(27)24-25(19)3)9-10-17(26)23-16(11-21)14-7-5-4-6-8-14;;/h14,16H,4-11,21H2,1-3H3,(H,23,26)(H,24,27);2*1H. The summed E-state index contributed by atoms with van der Waals surface area (Å²) in [5, 5.41) is 6.50. The summed E-state index contributed by atoms with van der Waals surface area (Å²) in [4.78, 5) is 29.3. The number of rotatable bonds is 6. The van der Waals surface area contributed by atoms with Gasteiger partial charge in [0.15, 0.2) is 5.65 Å². The molecule has 1 amide bonds. The molecule has 2 aromatic heterocycles. The number of nitrogens with zero attached hydrogens (tertiary/aromatic N) is 2. The van der Waals surface area contributed by atoms with Gasteiger partial charge < -0.3 is 11.1 Å². The van der Waals surface area contributed by atoms with Gasteiger partial charge in [0.25, 0.3) is 5.56 Å². The van der Waals surface area contributed by atoms with Crippen LogP contribution in [0, 0.1) is 19.8 Å². The number of pyridine rings is 1. The van der Waals surface area contributed by atoms with E-state index in [-0.39, 0.29) is 42.3 Å². The van der Waals surface area contributed by atoms with E-state index >= 15 is 0 Å². The van der Waals surface area contributed by atoms with Gasteiger partial charge in [0, 0.05) is 31.7 Å². The molecular formula is C20H33Cl2N5O2. The lowest BCUT2D eigenvalue weighted by Gasteiger charge is -2.30. The first kappa shape index (κ1) is 25.5. The van der Waals surface area contributed by atoms with Gasteiger partial charge in [-0.15, -0.1) is 24.8 Å². The van der Waals surface area contributed by atoms with E-state index in [0.29, 0.717) is 36.3 Å². The number of aromatic nitrogens is 3. The van der Waals surface area contributed by atoms with Crippen LogP contribution in [0.4, 0.5) is 0 Å². The van der Waals surface area contributed by atoms with Crippen molar-refractivity contribution in [2.45, 2.75) is 64.8 Å². The summed E-state index contributed by atoms with van der Waals surface area (Å²) in [6, 6.07) is 0.0672. The van der Waals surface area contributed by atoms with Crippen LogP contribution in [0.5, 0.6) is 0 Å².